The molecule has 9 heteroatoms. The number of aromatic nitrogens is 3. The number of rotatable bonds is 6. The van der Waals surface area contributed by atoms with Gasteiger partial charge in [0.25, 0.3) is 5.91 Å². The van der Waals surface area contributed by atoms with Gasteiger partial charge in [-0.2, -0.15) is 4.98 Å². The molecule has 3 heterocycles. The SMILES string of the molecule is O=C(COc1ccc(Cl)cc1)N1CCN(c2ccc(-c3noc(C4CC4)n3)cn2)CC1. The molecular weight excluding hydrogens is 418 g/mol. The van der Waals surface area contributed by atoms with Crippen LogP contribution in [0.15, 0.2) is 47.1 Å². The van der Waals surface area contributed by atoms with Crippen LogP contribution in [0.25, 0.3) is 11.4 Å². The standard InChI is InChI=1S/C22H22ClN5O3/c23-17-4-6-18(7-5-17)30-14-20(29)28-11-9-27(10-12-28)19-8-3-16(13-24-19)21-25-22(31-26-21)15-1-2-15/h3-8,13,15H,1-2,9-12,14H2. The van der Waals surface area contributed by atoms with E-state index < -0.39 is 0 Å². The number of piperazine rings is 1. The van der Waals surface area contributed by atoms with Crippen molar-refractivity contribution in [2.45, 2.75) is 18.8 Å². The summed E-state index contributed by atoms with van der Waals surface area (Å²) in [4.78, 5) is 25.5. The molecule has 1 amide bonds. The van der Waals surface area contributed by atoms with Crippen molar-refractivity contribution in [3.8, 4) is 17.1 Å². The first-order valence-corrected chi connectivity index (χ1v) is 10.7. The molecule has 1 saturated carbocycles. The lowest BCUT2D eigenvalue weighted by Gasteiger charge is -2.35. The number of halogens is 1. The van der Waals surface area contributed by atoms with Gasteiger partial charge in [0.15, 0.2) is 6.61 Å². The zero-order valence-electron chi connectivity index (χ0n) is 16.9. The van der Waals surface area contributed by atoms with Crippen LogP contribution in [0.4, 0.5) is 5.82 Å². The van der Waals surface area contributed by atoms with Gasteiger partial charge < -0.3 is 19.1 Å². The van der Waals surface area contributed by atoms with Crippen molar-refractivity contribution in [3.63, 3.8) is 0 Å². The minimum atomic E-state index is -0.0264. The number of nitrogens with zero attached hydrogens (tertiary/aromatic N) is 5. The number of carbonyl (C=O) groups is 1. The van der Waals surface area contributed by atoms with Crippen LogP contribution in [0.1, 0.15) is 24.7 Å². The molecule has 2 aliphatic rings. The third kappa shape index (κ3) is 4.64. The molecule has 0 unspecified atom stereocenters. The van der Waals surface area contributed by atoms with E-state index in [1.165, 1.54) is 0 Å². The van der Waals surface area contributed by atoms with Gasteiger partial charge in [-0.3, -0.25) is 4.79 Å². The molecule has 160 valence electrons. The van der Waals surface area contributed by atoms with E-state index in [0.717, 1.165) is 30.1 Å². The molecule has 1 aliphatic carbocycles. The smallest absolute Gasteiger partial charge is 0.260 e. The van der Waals surface area contributed by atoms with Gasteiger partial charge in [0, 0.05) is 48.9 Å². The third-order valence-corrected chi connectivity index (χ3v) is 5.76. The maximum atomic E-state index is 12.5. The van der Waals surface area contributed by atoms with E-state index in [1.54, 1.807) is 30.5 Å². The molecule has 3 aromatic rings. The summed E-state index contributed by atoms with van der Waals surface area (Å²) < 4.78 is 10.9. The molecule has 0 N–H and O–H groups in total. The molecule has 2 fully saturated rings. The molecule has 5 rings (SSSR count). The molecule has 0 atom stereocenters. The number of anilines is 1. The number of amides is 1. The summed E-state index contributed by atoms with van der Waals surface area (Å²) >= 11 is 5.86. The highest BCUT2D eigenvalue weighted by molar-refractivity contribution is 6.30. The number of hydrogen-bond acceptors (Lipinski definition) is 7. The summed E-state index contributed by atoms with van der Waals surface area (Å²) in [6.07, 6.45) is 4.02. The van der Waals surface area contributed by atoms with Crippen LogP contribution in [0, 0.1) is 0 Å². The summed E-state index contributed by atoms with van der Waals surface area (Å²) in [7, 11) is 0. The van der Waals surface area contributed by atoms with Crippen molar-refractivity contribution in [2.75, 3.05) is 37.7 Å². The highest BCUT2D eigenvalue weighted by Gasteiger charge is 2.30. The number of benzene rings is 1. The second-order valence-electron chi connectivity index (χ2n) is 7.75. The maximum absolute atomic E-state index is 12.5. The number of ether oxygens (including phenoxy) is 1. The summed E-state index contributed by atoms with van der Waals surface area (Å²) in [5, 5.41) is 4.70. The average Bonchev–Trinajstić information content (AvgIpc) is 3.55. The Bertz CT molecular complexity index is 1040. The Morgan fingerprint density at radius 1 is 1.10 bits per heavy atom. The lowest BCUT2D eigenvalue weighted by molar-refractivity contribution is -0.133. The fourth-order valence-electron chi connectivity index (χ4n) is 3.51. The van der Waals surface area contributed by atoms with Crippen LogP contribution in [0.3, 0.4) is 0 Å². The van der Waals surface area contributed by atoms with Crippen LogP contribution in [-0.2, 0) is 4.79 Å². The largest absolute Gasteiger partial charge is 0.484 e. The molecule has 1 aromatic carbocycles. The van der Waals surface area contributed by atoms with E-state index in [1.807, 2.05) is 17.0 Å². The zero-order chi connectivity index (χ0) is 21.2. The minimum absolute atomic E-state index is 0.0160. The summed E-state index contributed by atoms with van der Waals surface area (Å²) in [5.41, 5.74) is 0.840. The minimum Gasteiger partial charge on any atom is -0.484 e. The lowest BCUT2D eigenvalue weighted by Crippen LogP contribution is -2.50. The van der Waals surface area contributed by atoms with E-state index in [4.69, 9.17) is 20.9 Å². The maximum Gasteiger partial charge on any atom is 0.260 e. The molecule has 2 aromatic heterocycles. The Balaban J connectivity index is 1.12. The van der Waals surface area contributed by atoms with Gasteiger partial charge in [-0.15, -0.1) is 0 Å². The first kappa shape index (κ1) is 19.8. The topological polar surface area (TPSA) is 84.6 Å². The Kier molecular flexibility index (Phi) is 5.46. The van der Waals surface area contributed by atoms with Crippen LogP contribution >= 0.6 is 11.6 Å². The Morgan fingerprint density at radius 2 is 1.87 bits per heavy atom. The second kappa shape index (κ2) is 8.55. The Hall–Kier alpha value is -3.13. The first-order valence-electron chi connectivity index (χ1n) is 10.4. The normalized spacial score (nSPS) is 16.4. The van der Waals surface area contributed by atoms with Crippen LogP contribution < -0.4 is 9.64 Å². The fraction of sp³-hybridized carbons (Fsp3) is 0.364. The average molecular weight is 440 g/mol. The highest BCUT2D eigenvalue weighted by Crippen LogP contribution is 2.39. The Morgan fingerprint density at radius 3 is 2.55 bits per heavy atom. The molecule has 0 spiro atoms. The van der Waals surface area contributed by atoms with Crippen molar-refractivity contribution in [2.24, 2.45) is 0 Å². The highest BCUT2D eigenvalue weighted by atomic mass is 35.5. The molecule has 0 bridgehead atoms. The molecule has 31 heavy (non-hydrogen) atoms. The summed E-state index contributed by atoms with van der Waals surface area (Å²) in [6.45, 7) is 2.70. The number of hydrogen-bond donors (Lipinski definition) is 0. The van der Waals surface area contributed by atoms with Gasteiger partial charge in [-0.25, -0.2) is 4.98 Å². The number of pyridine rings is 1. The monoisotopic (exact) mass is 439 g/mol. The van der Waals surface area contributed by atoms with Crippen LogP contribution in [0.2, 0.25) is 5.02 Å². The predicted molar refractivity (Wildman–Crippen MR) is 115 cm³/mol. The van der Waals surface area contributed by atoms with Crippen molar-refractivity contribution in [3.05, 3.63) is 53.5 Å². The fourth-order valence-corrected chi connectivity index (χ4v) is 3.63. The third-order valence-electron chi connectivity index (χ3n) is 5.51. The lowest BCUT2D eigenvalue weighted by atomic mass is 10.2. The summed E-state index contributed by atoms with van der Waals surface area (Å²) in [6, 6.07) is 10.9. The van der Waals surface area contributed by atoms with Gasteiger partial charge in [0.1, 0.15) is 11.6 Å². The van der Waals surface area contributed by atoms with Gasteiger partial charge in [-0.05, 0) is 49.2 Å². The van der Waals surface area contributed by atoms with Crippen LogP contribution in [-0.4, -0.2) is 58.7 Å². The van der Waals surface area contributed by atoms with Gasteiger partial charge >= 0.3 is 0 Å². The van der Waals surface area contributed by atoms with Crippen LogP contribution in [0.5, 0.6) is 5.75 Å². The first-order chi connectivity index (χ1) is 15.2. The van der Waals surface area contributed by atoms with E-state index in [0.29, 0.717) is 48.7 Å². The Labute approximate surface area is 184 Å². The van der Waals surface area contributed by atoms with Gasteiger partial charge in [0.2, 0.25) is 11.7 Å². The summed E-state index contributed by atoms with van der Waals surface area (Å²) in [5.74, 6) is 3.22. The van der Waals surface area contributed by atoms with E-state index in [2.05, 4.69) is 20.0 Å². The molecular formula is C22H22ClN5O3. The predicted octanol–water partition coefficient (Wildman–Crippen LogP) is 3.39. The van der Waals surface area contributed by atoms with Crippen molar-refractivity contribution in [1.82, 2.24) is 20.0 Å². The quantitative estimate of drug-likeness (QED) is 0.582. The molecule has 0 radical (unpaired) electrons. The van der Waals surface area contributed by atoms with E-state index in [9.17, 15) is 4.79 Å². The van der Waals surface area contributed by atoms with Crippen molar-refractivity contribution >= 4 is 23.3 Å². The van der Waals surface area contributed by atoms with Gasteiger partial charge in [0.05, 0.1) is 0 Å². The van der Waals surface area contributed by atoms with Gasteiger partial charge in [-0.1, -0.05) is 16.8 Å². The van der Waals surface area contributed by atoms with Crippen molar-refractivity contribution in [1.29, 1.82) is 0 Å². The van der Waals surface area contributed by atoms with E-state index >= 15 is 0 Å². The second-order valence-corrected chi connectivity index (χ2v) is 8.18. The molecule has 1 saturated heterocycles. The zero-order valence-corrected chi connectivity index (χ0v) is 17.7. The van der Waals surface area contributed by atoms with E-state index in [-0.39, 0.29) is 12.5 Å². The number of carbonyl (C=O) groups excluding carboxylic acids is 1. The van der Waals surface area contributed by atoms with Crippen molar-refractivity contribution < 1.29 is 14.1 Å². The molecule has 8 nitrogen and oxygen atoms in total. The molecule has 1 aliphatic heterocycles.